The van der Waals surface area contributed by atoms with Crippen LogP contribution in [0.5, 0.6) is 0 Å². The molecule has 0 radical (unpaired) electrons. The van der Waals surface area contributed by atoms with Crippen molar-refractivity contribution in [2.24, 2.45) is 0 Å². The Morgan fingerprint density at radius 2 is 1.85 bits per heavy atom. The van der Waals surface area contributed by atoms with E-state index in [0.717, 1.165) is 22.3 Å². The highest BCUT2D eigenvalue weighted by molar-refractivity contribution is 5.71. The van der Waals surface area contributed by atoms with Crippen molar-refractivity contribution in [3.63, 3.8) is 0 Å². The molecule has 0 nitrogen and oxygen atoms in total. The van der Waals surface area contributed by atoms with Crippen molar-refractivity contribution in [2.45, 2.75) is 32.9 Å². The molecule has 0 saturated heterocycles. The van der Waals surface area contributed by atoms with Crippen molar-refractivity contribution < 1.29 is 13.2 Å². The average molecular weight is 278 g/mol. The van der Waals surface area contributed by atoms with E-state index in [0.29, 0.717) is 6.42 Å². The van der Waals surface area contributed by atoms with Gasteiger partial charge in [0.25, 0.3) is 0 Å². The van der Waals surface area contributed by atoms with Gasteiger partial charge in [-0.2, -0.15) is 13.2 Å². The first-order valence-electron chi connectivity index (χ1n) is 6.62. The lowest BCUT2D eigenvalue weighted by Crippen LogP contribution is -2.13. The van der Waals surface area contributed by atoms with Crippen molar-refractivity contribution in [1.82, 2.24) is 0 Å². The molecule has 20 heavy (non-hydrogen) atoms. The summed E-state index contributed by atoms with van der Waals surface area (Å²) in [4.78, 5) is 0. The number of benzene rings is 1. The van der Waals surface area contributed by atoms with E-state index in [2.05, 4.69) is 0 Å². The van der Waals surface area contributed by atoms with Gasteiger partial charge in [-0.15, -0.1) is 0 Å². The predicted molar refractivity (Wildman–Crippen MR) is 77.2 cm³/mol. The summed E-state index contributed by atoms with van der Waals surface area (Å²) in [6, 6.07) is 6.02. The van der Waals surface area contributed by atoms with Crippen LogP contribution in [0.4, 0.5) is 13.2 Å². The molecule has 0 fully saturated rings. The zero-order valence-electron chi connectivity index (χ0n) is 11.6. The molecule has 0 aliphatic heterocycles. The predicted octanol–water partition coefficient (Wildman–Crippen LogP) is 5.69. The van der Waals surface area contributed by atoms with E-state index in [4.69, 9.17) is 0 Å². The quantitative estimate of drug-likeness (QED) is 0.651. The summed E-state index contributed by atoms with van der Waals surface area (Å²) in [5, 5.41) is 0. The van der Waals surface area contributed by atoms with E-state index in [-0.39, 0.29) is 6.42 Å². The van der Waals surface area contributed by atoms with Gasteiger partial charge in [0.15, 0.2) is 0 Å². The Kier molecular flexibility index (Phi) is 4.17. The monoisotopic (exact) mass is 278 g/mol. The van der Waals surface area contributed by atoms with Crippen LogP contribution in [0.25, 0.3) is 11.6 Å². The molecule has 0 aromatic heterocycles. The van der Waals surface area contributed by atoms with Crippen molar-refractivity contribution in [1.29, 1.82) is 0 Å². The summed E-state index contributed by atoms with van der Waals surface area (Å²) in [7, 11) is 0. The molecule has 0 amide bonds. The van der Waals surface area contributed by atoms with Crippen LogP contribution in [-0.4, -0.2) is 6.18 Å². The van der Waals surface area contributed by atoms with Gasteiger partial charge in [0.05, 0.1) is 0 Å². The second kappa shape index (κ2) is 5.70. The summed E-state index contributed by atoms with van der Waals surface area (Å²) in [5.74, 6) is 0. The highest BCUT2D eigenvalue weighted by Crippen LogP contribution is 2.35. The molecule has 0 saturated carbocycles. The maximum atomic E-state index is 12.6. The summed E-state index contributed by atoms with van der Waals surface area (Å²) in [6.07, 6.45) is 3.06. The van der Waals surface area contributed by atoms with Crippen molar-refractivity contribution >= 4 is 11.6 Å². The third-order valence-electron chi connectivity index (χ3n) is 3.51. The van der Waals surface area contributed by atoms with Gasteiger partial charge in [-0.1, -0.05) is 36.4 Å². The minimum atomic E-state index is -4.20. The minimum Gasteiger partial charge on any atom is -0.166 e. The smallest absolute Gasteiger partial charge is 0.166 e. The first-order chi connectivity index (χ1) is 9.41. The highest BCUT2D eigenvalue weighted by Gasteiger charge is 2.33. The number of rotatable bonds is 2. The molecule has 0 atom stereocenters. The Labute approximate surface area is 117 Å². The molecule has 0 spiro atoms. The summed E-state index contributed by atoms with van der Waals surface area (Å²) < 4.78 is 37.7. The molecular weight excluding hydrogens is 261 g/mol. The van der Waals surface area contributed by atoms with Crippen LogP contribution in [-0.2, 0) is 0 Å². The van der Waals surface area contributed by atoms with E-state index in [1.54, 1.807) is 6.08 Å². The van der Waals surface area contributed by atoms with Crippen LogP contribution in [0.3, 0.4) is 0 Å². The largest absolute Gasteiger partial charge is 0.412 e. The van der Waals surface area contributed by atoms with Gasteiger partial charge in [-0.3, -0.25) is 0 Å². The molecule has 0 N–H and O–H groups in total. The minimum absolute atomic E-state index is 0.0577. The lowest BCUT2D eigenvalue weighted by Gasteiger charge is -2.17. The fourth-order valence-corrected chi connectivity index (χ4v) is 2.31. The van der Waals surface area contributed by atoms with E-state index < -0.39 is 11.7 Å². The third-order valence-corrected chi connectivity index (χ3v) is 3.51. The maximum Gasteiger partial charge on any atom is 0.412 e. The molecule has 1 aliphatic carbocycles. The van der Waals surface area contributed by atoms with Gasteiger partial charge in [-0.05, 0) is 55.0 Å². The first-order valence-corrected chi connectivity index (χ1v) is 6.62. The van der Waals surface area contributed by atoms with Gasteiger partial charge < -0.3 is 0 Å². The van der Waals surface area contributed by atoms with Gasteiger partial charge in [-0.25, -0.2) is 0 Å². The molecule has 0 heterocycles. The fraction of sp³-hybridized carbons (Fsp3) is 0.294. The Morgan fingerprint density at radius 3 is 2.40 bits per heavy atom. The van der Waals surface area contributed by atoms with Crippen LogP contribution < -0.4 is 0 Å². The zero-order valence-corrected chi connectivity index (χ0v) is 11.6. The van der Waals surface area contributed by atoms with E-state index in [9.17, 15) is 13.2 Å². The second-order valence-corrected chi connectivity index (χ2v) is 4.95. The molecule has 0 unspecified atom stereocenters. The highest BCUT2D eigenvalue weighted by atomic mass is 19.4. The van der Waals surface area contributed by atoms with Crippen molar-refractivity contribution in [3.8, 4) is 0 Å². The lowest BCUT2D eigenvalue weighted by atomic mass is 9.91. The summed E-state index contributed by atoms with van der Waals surface area (Å²) in [6.45, 7) is 3.97. The number of alkyl halides is 3. The fourth-order valence-electron chi connectivity index (χ4n) is 2.31. The number of aryl methyl sites for hydroxylation is 1. The summed E-state index contributed by atoms with van der Waals surface area (Å²) >= 11 is 0. The van der Waals surface area contributed by atoms with Crippen LogP contribution in [0.1, 0.15) is 36.5 Å². The second-order valence-electron chi connectivity index (χ2n) is 4.95. The Hall–Kier alpha value is -1.77. The number of hydrogen-bond donors (Lipinski definition) is 0. The van der Waals surface area contributed by atoms with Crippen molar-refractivity contribution in [2.75, 3.05) is 0 Å². The third kappa shape index (κ3) is 3.21. The molecule has 3 heteroatoms. The molecule has 2 rings (SSSR count). The van der Waals surface area contributed by atoms with Crippen LogP contribution >= 0.6 is 0 Å². The molecule has 1 aromatic carbocycles. The van der Waals surface area contributed by atoms with Gasteiger partial charge >= 0.3 is 6.18 Å². The Bertz CT molecular complexity index is 587. The zero-order chi connectivity index (χ0) is 14.8. The molecule has 106 valence electrons. The topological polar surface area (TPSA) is 0 Å². The van der Waals surface area contributed by atoms with Crippen LogP contribution in [0.15, 0.2) is 42.0 Å². The van der Waals surface area contributed by atoms with Crippen molar-refractivity contribution in [3.05, 3.63) is 58.7 Å². The van der Waals surface area contributed by atoms with Gasteiger partial charge in [0.2, 0.25) is 0 Å². The normalized spacial score (nSPS) is 16.2. The summed E-state index contributed by atoms with van der Waals surface area (Å²) in [5.41, 5.74) is 3.79. The molecule has 1 aromatic rings. The lowest BCUT2D eigenvalue weighted by molar-refractivity contribution is -0.0939. The number of hydrogen-bond acceptors (Lipinski definition) is 0. The maximum absolute atomic E-state index is 12.6. The molecule has 0 bridgehead atoms. The van der Waals surface area contributed by atoms with E-state index >= 15 is 0 Å². The van der Waals surface area contributed by atoms with Crippen LogP contribution in [0, 0.1) is 6.92 Å². The number of halogens is 3. The Morgan fingerprint density at radius 1 is 1.10 bits per heavy atom. The standard InChI is InChI=1S/C17H17F3/c1-3-4-14-11-15(6-5-12(14)2)13-7-9-16(10-8-13)17(18,19)20/h3-7,9,11H,8,10H2,1-2H3/b4-3-. The SMILES string of the molecule is C/C=C\c1cc(C2=CC=C(C(F)(F)F)CC2)ccc1C. The Balaban J connectivity index is 2.32. The molecular formula is C17H17F3. The van der Waals surface area contributed by atoms with E-state index in [1.165, 1.54) is 6.08 Å². The van der Waals surface area contributed by atoms with Crippen LogP contribution in [0.2, 0.25) is 0 Å². The average Bonchev–Trinajstić information content (AvgIpc) is 2.41. The van der Waals surface area contributed by atoms with Gasteiger partial charge in [0.1, 0.15) is 0 Å². The number of allylic oxidation sites excluding steroid dienone is 5. The first kappa shape index (κ1) is 14.6. The van der Waals surface area contributed by atoms with Gasteiger partial charge in [0, 0.05) is 5.57 Å². The van der Waals surface area contributed by atoms with E-state index in [1.807, 2.05) is 44.2 Å². The molecule has 1 aliphatic rings.